The van der Waals surface area contributed by atoms with Crippen LogP contribution in [0.3, 0.4) is 0 Å². The molecule has 0 spiro atoms. The van der Waals surface area contributed by atoms with Crippen LogP contribution in [0.25, 0.3) is 0 Å². The minimum absolute atomic E-state index is 0.130. The third-order valence-corrected chi connectivity index (χ3v) is 8.24. The Bertz CT molecular complexity index is 1190. The quantitative estimate of drug-likeness (QED) is 0.472. The van der Waals surface area contributed by atoms with Crippen LogP contribution < -0.4 is 14.4 Å². The molecule has 12 heteroatoms. The van der Waals surface area contributed by atoms with Crippen molar-refractivity contribution in [1.82, 2.24) is 9.62 Å². The molecule has 0 atom stereocenters. The van der Waals surface area contributed by atoms with Gasteiger partial charge in [-0.2, -0.15) is 4.31 Å². The zero-order chi connectivity index (χ0) is 24.8. The molecule has 186 valence electrons. The second-order valence-corrected chi connectivity index (χ2v) is 11.6. The largest absolute Gasteiger partial charge is 0.492 e. The summed E-state index contributed by atoms with van der Waals surface area (Å²) in [7, 11) is -7.23. The molecule has 34 heavy (non-hydrogen) atoms. The Hall–Kier alpha value is -2.67. The Labute approximate surface area is 200 Å². The fourth-order valence-electron chi connectivity index (χ4n) is 3.41. The molecule has 0 radical (unpaired) electrons. The minimum atomic E-state index is -3.65. The number of nitrogens with zero attached hydrogens (tertiary/aromatic N) is 2. The highest BCUT2D eigenvalue weighted by Gasteiger charge is 2.26. The van der Waals surface area contributed by atoms with Gasteiger partial charge in [-0.25, -0.2) is 16.8 Å². The molecule has 3 rings (SSSR count). The number of amides is 1. The van der Waals surface area contributed by atoms with E-state index in [0.717, 1.165) is 16.1 Å². The van der Waals surface area contributed by atoms with Crippen molar-refractivity contribution in [2.75, 3.05) is 56.6 Å². The molecule has 1 heterocycles. The Morgan fingerprint density at radius 2 is 1.71 bits per heavy atom. The smallest absolute Gasteiger partial charge is 0.243 e. The molecule has 0 aromatic heterocycles. The van der Waals surface area contributed by atoms with E-state index >= 15 is 0 Å². The monoisotopic (exact) mass is 511 g/mol. The predicted octanol–water partition coefficient (Wildman–Crippen LogP) is 0.977. The lowest BCUT2D eigenvalue weighted by molar-refractivity contribution is -0.119. The molecule has 0 unspecified atom stereocenters. The van der Waals surface area contributed by atoms with Gasteiger partial charge in [0.15, 0.2) is 0 Å². The summed E-state index contributed by atoms with van der Waals surface area (Å²) < 4.78 is 62.9. The van der Waals surface area contributed by atoms with Gasteiger partial charge in [0.05, 0.1) is 36.6 Å². The van der Waals surface area contributed by atoms with E-state index in [9.17, 15) is 21.6 Å². The van der Waals surface area contributed by atoms with Gasteiger partial charge in [-0.1, -0.05) is 18.2 Å². The van der Waals surface area contributed by atoms with Gasteiger partial charge in [-0.05, 0) is 42.8 Å². The van der Waals surface area contributed by atoms with Crippen molar-refractivity contribution in [2.45, 2.75) is 11.8 Å². The fraction of sp³-hybridized carbons (Fsp3) is 0.409. The first kappa shape index (κ1) is 25.9. The van der Waals surface area contributed by atoms with E-state index < -0.39 is 26.0 Å². The first-order chi connectivity index (χ1) is 16.1. The Morgan fingerprint density at radius 3 is 2.32 bits per heavy atom. The number of sulfonamides is 2. The van der Waals surface area contributed by atoms with E-state index in [1.807, 2.05) is 0 Å². The fourth-order valence-corrected chi connectivity index (χ4v) is 5.74. The molecule has 1 aliphatic heterocycles. The van der Waals surface area contributed by atoms with E-state index in [4.69, 9.17) is 9.47 Å². The molecule has 0 aliphatic carbocycles. The number of hydrogen-bond acceptors (Lipinski definition) is 7. The molecular formula is C22H29N3O7S2. The SMILES string of the molecule is Cc1ccccc1N(CC(=O)NCCOc1ccc(S(=O)(=O)N2CCOCC2)cc1)S(C)(=O)=O. The number of ether oxygens (including phenoxy) is 2. The molecule has 1 saturated heterocycles. The van der Waals surface area contributed by atoms with Crippen molar-refractivity contribution >= 4 is 31.6 Å². The van der Waals surface area contributed by atoms with Gasteiger partial charge in [-0.15, -0.1) is 0 Å². The number of benzene rings is 2. The van der Waals surface area contributed by atoms with Gasteiger partial charge in [0.25, 0.3) is 0 Å². The van der Waals surface area contributed by atoms with Crippen molar-refractivity contribution in [3.8, 4) is 5.75 Å². The van der Waals surface area contributed by atoms with E-state index in [-0.39, 0.29) is 24.6 Å². The molecule has 1 N–H and O–H groups in total. The summed E-state index contributed by atoms with van der Waals surface area (Å²) in [6.07, 6.45) is 1.05. The van der Waals surface area contributed by atoms with Crippen molar-refractivity contribution in [3.63, 3.8) is 0 Å². The van der Waals surface area contributed by atoms with E-state index in [2.05, 4.69) is 5.32 Å². The number of anilines is 1. The molecule has 1 amide bonds. The zero-order valence-electron chi connectivity index (χ0n) is 19.1. The lowest BCUT2D eigenvalue weighted by Gasteiger charge is -2.26. The van der Waals surface area contributed by atoms with Crippen LogP contribution in [0.4, 0.5) is 5.69 Å². The third-order valence-electron chi connectivity index (χ3n) is 5.20. The van der Waals surface area contributed by atoms with Crippen LogP contribution in [0.15, 0.2) is 53.4 Å². The topological polar surface area (TPSA) is 122 Å². The first-order valence-corrected chi connectivity index (χ1v) is 14.0. The van der Waals surface area contributed by atoms with Crippen LogP contribution in [-0.4, -0.2) is 79.3 Å². The second kappa shape index (κ2) is 11.2. The summed E-state index contributed by atoms with van der Waals surface area (Å²) in [4.78, 5) is 12.5. The van der Waals surface area contributed by atoms with Crippen LogP contribution >= 0.6 is 0 Å². The Kier molecular flexibility index (Phi) is 8.52. The average Bonchev–Trinajstić information content (AvgIpc) is 2.81. The molecule has 10 nitrogen and oxygen atoms in total. The van der Waals surface area contributed by atoms with Crippen molar-refractivity contribution in [2.24, 2.45) is 0 Å². The molecule has 0 bridgehead atoms. The normalized spacial score (nSPS) is 15.0. The Balaban J connectivity index is 1.50. The molecule has 1 aliphatic rings. The summed E-state index contributed by atoms with van der Waals surface area (Å²) in [6, 6.07) is 13.0. The number of nitrogens with one attached hydrogen (secondary N) is 1. The molecule has 0 saturated carbocycles. The molecule has 2 aromatic carbocycles. The van der Waals surface area contributed by atoms with Crippen LogP contribution in [0.5, 0.6) is 5.75 Å². The Morgan fingerprint density at radius 1 is 1.06 bits per heavy atom. The van der Waals surface area contributed by atoms with E-state index in [1.165, 1.54) is 16.4 Å². The number of morpholine rings is 1. The highest BCUT2D eigenvalue weighted by Crippen LogP contribution is 2.22. The van der Waals surface area contributed by atoms with Crippen LogP contribution in [0.2, 0.25) is 0 Å². The highest BCUT2D eigenvalue weighted by molar-refractivity contribution is 7.92. The maximum absolute atomic E-state index is 12.7. The first-order valence-electron chi connectivity index (χ1n) is 10.7. The second-order valence-electron chi connectivity index (χ2n) is 7.74. The number of rotatable bonds is 10. The minimum Gasteiger partial charge on any atom is -0.492 e. The average molecular weight is 512 g/mol. The highest BCUT2D eigenvalue weighted by atomic mass is 32.2. The predicted molar refractivity (Wildman–Crippen MR) is 128 cm³/mol. The maximum atomic E-state index is 12.7. The van der Waals surface area contributed by atoms with Gasteiger partial charge in [0.1, 0.15) is 18.9 Å². The summed E-state index contributed by atoms with van der Waals surface area (Å²) in [5.41, 5.74) is 1.19. The van der Waals surface area contributed by atoms with Crippen molar-refractivity contribution < 1.29 is 31.1 Å². The number of para-hydroxylation sites is 1. The molecule has 1 fully saturated rings. The molecule has 2 aromatic rings. The van der Waals surface area contributed by atoms with Crippen LogP contribution in [0, 0.1) is 6.92 Å². The van der Waals surface area contributed by atoms with Crippen LogP contribution in [-0.2, 0) is 29.6 Å². The van der Waals surface area contributed by atoms with Crippen molar-refractivity contribution in [1.29, 1.82) is 0 Å². The van der Waals surface area contributed by atoms with E-state index in [1.54, 1.807) is 43.3 Å². The van der Waals surface area contributed by atoms with Gasteiger partial charge >= 0.3 is 0 Å². The third kappa shape index (κ3) is 6.69. The molecular weight excluding hydrogens is 482 g/mol. The lowest BCUT2D eigenvalue weighted by Crippen LogP contribution is -2.41. The number of carbonyl (C=O) groups is 1. The standard InChI is InChI=1S/C22H29N3O7S2/c1-18-5-3-4-6-21(18)25(33(2,27)28)17-22(26)23-11-14-32-19-7-9-20(10-8-19)34(29,30)24-12-15-31-16-13-24/h3-10H,11-17H2,1-2H3,(H,23,26). The van der Waals surface area contributed by atoms with Gasteiger partial charge in [-0.3, -0.25) is 9.10 Å². The van der Waals surface area contributed by atoms with Crippen LogP contribution in [0.1, 0.15) is 5.56 Å². The number of carbonyl (C=O) groups excluding carboxylic acids is 1. The number of aryl methyl sites for hydroxylation is 1. The van der Waals surface area contributed by atoms with Gasteiger partial charge in [0.2, 0.25) is 26.0 Å². The summed E-state index contributed by atoms with van der Waals surface area (Å²) in [5, 5.41) is 2.64. The summed E-state index contributed by atoms with van der Waals surface area (Å²) in [5.74, 6) is -0.0166. The maximum Gasteiger partial charge on any atom is 0.243 e. The van der Waals surface area contributed by atoms with E-state index in [0.29, 0.717) is 37.7 Å². The van der Waals surface area contributed by atoms with Gasteiger partial charge < -0.3 is 14.8 Å². The zero-order valence-corrected chi connectivity index (χ0v) is 20.8. The lowest BCUT2D eigenvalue weighted by atomic mass is 10.2. The number of hydrogen-bond donors (Lipinski definition) is 1. The van der Waals surface area contributed by atoms with Crippen molar-refractivity contribution in [3.05, 3.63) is 54.1 Å². The summed E-state index contributed by atoms with van der Waals surface area (Å²) >= 11 is 0. The van der Waals surface area contributed by atoms with Gasteiger partial charge in [0, 0.05) is 13.1 Å². The summed E-state index contributed by atoms with van der Waals surface area (Å²) in [6.45, 7) is 3.09.